The topological polar surface area (TPSA) is 70.7 Å². The molecule has 0 amide bonds. The number of benzene rings is 2. The lowest BCUT2D eigenvalue weighted by Gasteiger charge is -2.05. The van der Waals surface area contributed by atoms with Gasteiger partial charge in [0.15, 0.2) is 0 Å². The summed E-state index contributed by atoms with van der Waals surface area (Å²) in [4.78, 5) is 0. The van der Waals surface area contributed by atoms with Crippen molar-refractivity contribution in [2.45, 2.75) is 10.9 Å². The minimum Gasteiger partial charge on any atom is -0.497 e. The lowest BCUT2D eigenvalue weighted by molar-refractivity contribution is 0.414. The van der Waals surface area contributed by atoms with E-state index >= 15 is 0 Å². The highest BCUT2D eigenvalue weighted by Gasteiger charge is 2.10. The highest BCUT2D eigenvalue weighted by molar-refractivity contribution is 7.98. The largest absolute Gasteiger partial charge is 0.497 e. The van der Waals surface area contributed by atoms with Crippen LogP contribution in [0.1, 0.15) is 5.56 Å². The number of para-hydroxylation sites is 1. The van der Waals surface area contributed by atoms with Crippen LogP contribution in [0, 0.1) is 0 Å². The van der Waals surface area contributed by atoms with Gasteiger partial charge in [0, 0.05) is 17.5 Å². The lowest BCUT2D eigenvalue weighted by Crippen LogP contribution is -1.99. The molecule has 4 rings (SSSR count). The summed E-state index contributed by atoms with van der Waals surface area (Å²) in [7, 11) is 1.64. The molecule has 0 bridgehead atoms. The second kappa shape index (κ2) is 7.40. The normalized spacial score (nSPS) is 10.8. The molecule has 0 aliphatic rings. The van der Waals surface area contributed by atoms with E-state index in [1.807, 2.05) is 71.7 Å². The molecule has 8 heteroatoms. The molecule has 0 N–H and O–H groups in total. The predicted molar refractivity (Wildman–Crippen MR) is 98.8 cm³/mol. The van der Waals surface area contributed by atoms with Crippen molar-refractivity contribution in [1.82, 2.24) is 30.0 Å². The van der Waals surface area contributed by atoms with E-state index in [2.05, 4.69) is 20.6 Å². The predicted octanol–water partition coefficient (Wildman–Crippen LogP) is 3.15. The van der Waals surface area contributed by atoms with Crippen molar-refractivity contribution in [3.8, 4) is 17.1 Å². The fourth-order valence-electron chi connectivity index (χ4n) is 2.46. The Bertz CT molecular complexity index is 980. The van der Waals surface area contributed by atoms with Crippen molar-refractivity contribution in [3.63, 3.8) is 0 Å². The first-order valence-electron chi connectivity index (χ1n) is 7.98. The van der Waals surface area contributed by atoms with Gasteiger partial charge in [-0.3, -0.25) is 0 Å². The van der Waals surface area contributed by atoms with Crippen molar-refractivity contribution in [2.24, 2.45) is 0 Å². The second-order valence-corrected chi connectivity index (χ2v) is 6.43. The van der Waals surface area contributed by atoms with E-state index in [1.165, 1.54) is 0 Å². The summed E-state index contributed by atoms with van der Waals surface area (Å²) in [5.74, 6) is 1.52. The van der Waals surface area contributed by atoms with Gasteiger partial charge in [-0.25, -0.2) is 4.68 Å². The van der Waals surface area contributed by atoms with Crippen LogP contribution < -0.4 is 4.74 Å². The van der Waals surface area contributed by atoms with Crippen molar-refractivity contribution in [2.75, 3.05) is 7.11 Å². The highest BCUT2D eigenvalue weighted by atomic mass is 32.2. The fourth-order valence-corrected chi connectivity index (χ4v) is 3.26. The van der Waals surface area contributed by atoms with E-state index in [1.54, 1.807) is 23.6 Å². The van der Waals surface area contributed by atoms with Crippen LogP contribution in [0.2, 0.25) is 0 Å². The van der Waals surface area contributed by atoms with Gasteiger partial charge in [-0.1, -0.05) is 30.0 Å². The number of aromatic nitrogens is 6. The van der Waals surface area contributed by atoms with Crippen molar-refractivity contribution >= 4 is 11.8 Å². The van der Waals surface area contributed by atoms with Gasteiger partial charge in [-0.2, -0.15) is 9.78 Å². The molecule has 0 unspecified atom stereocenters. The summed E-state index contributed by atoms with van der Waals surface area (Å²) in [5.41, 5.74) is 3.02. The van der Waals surface area contributed by atoms with Crippen LogP contribution in [-0.4, -0.2) is 37.1 Å². The Hall–Kier alpha value is -3.13. The molecule has 4 aromatic rings. The first kappa shape index (κ1) is 16.3. The average molecular weight is 364 g/mol. The minimum absolute atomic E-state index is 0.725. The zero-order valence-corrected chi connectivity index (χ0v) is 14.9. The molecule has 0 atom stereocenters. The smallest absolute Gasteiger partial charge is 0.214 e. The molecular formula is C18H16N6OS. The van der Waals surface area contributed by atoms with Gasteiger partial charge in [-0.15, -0.1) is 5.10 Å². The maximum absolute atomic E-state index is 5.19. The number of nitrogens with zero attached hydrogens (tertiary/aromatic N) is 6. The molecular weight excluding hydrogens is 348 g/mol. The van der Waals surface area contributed by atoms with Crippen molar-refractivity contribution < 1.29 is 4.74 Å². The Balaban J connectivity index is 1.47. The van der Waals surface area contributed by atoms with E-state index in [9.17, 15) is 0 Å². The summed E-state index contributed by atoms with van der Waals surface area (Å²) in [6, 6.07) is 17.6. The van der Waals surface area contributed by atoms with Crippen LogP contribution in [0.5, 0.6) is 5.75 Å². The standard InChI is InChI=1S/C18H16N6OS/c1-25-17-9-7-16(8-10-17)24-18(20-21-22-24)26-13-14-11-19-23(12-14)15-5-3-2-4-6-15/h2-12H,13H2,1H3. The Morgan fingerprint density at radius 1 is 1.00 bits per heavy atom. The number of methoxy groups -OCH3 is 1. The zero-order chi connectivity index (χ0) is 17.8. The molecule has 26 heavy (non-hydrogen) atoms. The second-order valence-electron chi connectivity index (χ2n) is 5.49. The molecule has 0 aliphatic heterocycles. The molecule has 0 saturated heterocycles. The van der Waals surface area contributed by atoms with E-state index in [4.69, 9.17) is 4.74 Å². The van der Waals surface area contributed by atoms with Crippen molar-refractivity contribution in [1.29, 1.82) is 0 Å². The maximum atomic E-state index is 5.19. The molecule has 0 spiro atoms. The first-order valence-corrected chi connectivity index (χ1v) is 8.96. The first-order chi connectivity index (χ1) is 12.8. The maximum Gasteiger partial charge on any atom is 0.214 e. The van der Waals surface area contributed by atoms with Crippen molar-refractivity contribution in [3.05, 3.63) is 72.6 Å². The Kier molecular flexibility index (Phi) is 4.65. The zero-order valence-electron chi connectivity index (χ0n) is 14.1. The molecule has 2 aromatic heterocycles. The number of rotatable bonds is 6. The molecule has 0 fully saturated rings. The molecule has 7 nitrogen and oxygen atoms in total. The van der Waals surface area contributed by atoms with Gasteiger partial charge in [0.05, 0.1) is 24.7 Å². The van der Waals surface area contributed by atoms with Crippen LogP contribution in [0.25, 0.3) is 11.4 Å². The van der Waals surface area contributed by atoms with E-state index in [0.29, 0.717) is 0 Å². The molecule has 2 aromatic carbocycles. The fraction of sp³-hybridized carbons (Fsp3) is 0.111. The quantitative estimate of drug-likeness (QED) is 0.490. The number of ether oxygens (including phenoxy) is 1. The van der Waals surface area contributed by atoms with Crippen LogP contribution in [0.4, 0.5) is 0 Å². The average Bonchev–Trinajstić information content (AvgIpc) is 3.36. The van der Waals surface area contributed by atoms with Crippen LogP contribution in [0.3, 0.4) is 0 Å². The van der Waals surface area contributed by atoms with Gasteiger partial charge in [0.2, 0.25) is 5.16 Å². The molecule has 2 heterocycles. The van der Waals surface area contributed by atoms with Gasteiger partial charge >= 0.3 is 0 Å². The van der Waals surface area contributed by atoms with Gasteiger partial charge in [-0.05, 0) is 46.8 Å². The highest BCUT2D eigenvalue weighted by Crippen LogP contribution is 2.23. The van der Waals surface area contributed by atoms with E-state index in [-0.39, 0.29) is 0 Å². The molecule has 130 valence electrons. The van der Waals surface area contributed by atoms with E-state index in [0.717, 1.165) is 33.6 Å². The van der Waals surface area contributed by atoms with Gasteiger partial charge < -0.3 is 4.74 Å². The number of thioether (sulfide) groups is 1. The lowest BCUT2D eigenvalue weighted by atomic mass is 10.3. The van der Waals surface area contributed by atoms with Gasteiger partial charge in [0.1, 0.15) is 5.75 Å². The Morgan fingerprint density at radius 3 is 2.58 bits per heavy atom. The number of hydrogen-bond acceptors (Lipinski definition) is 6. The third kappa shape index (κ3) is 3.45. The van der Waals surface area contributed by atoms with Crippen LogP contribution in [0.15, 0.2) is 72.1 Å². The molecule has 0 aliphatic carbocycles. The van der Waals surface area contributed by atoms with Crippen LogP contribution in [-0.2, 0) is 5.75 Å². The molecule has 0 saturated carbocycles. The Morgan fingerprint density at radius 2 is 1.81 bits per heavy atom. The molecule has 0 radical (unpaired) electrons. The number of tetrazole rings is 1. The van der Waals surface area contributed by atoms with Gasteiger partial charge in [0.25, 0.3) is 0 Å². The number of hydrogen-bond donors (Lipinski definition) is 0. The van der Waals surface area contributed by atoms with E-state index < -0.39 is 0 Å². The summed E-state index contributed by atoms with van der Waals surface area (Å²) < 4.78 is 8.76. The monoisotopic (exact) mass is 364 g/mol. The SMILES string of the molecule is COc1ccc(-n2nnnc2SCc2cnn(-c3ccccc3)c2)cc1. The van der Waals surface area contributed by atoms with Crippen LogP contribution >= 0.6 is 11.8 Å². The third-order valence-electron chi connectivity index (χ3n) is 3.78. The summed E-state index contributed by atoms with van der Waals surface area (Å²) in [6.07, 6.45) is 3.88. The summed E-state index contributed by atoms with van der Waals surface area (Å²) >= 11 is 1.56. The third-order valence-corrected chi connectivity index (χ3v) is 4.77. The summed E-state index contributed by atoms with van der Waals surface area (Å²) in [6.45, 7) is 0. The minimum atomic E-state index is 0.725. The summed E-state index contributed by atoms with van der Waals surface area (Å²) in [5, 5.41) is 17.1. The Labute approximate surface area is 154 Å².